The van der Waals surface area contributed by atoms with Gasteiger partial charge in [-0.15, -0.1) is 0 Å². The third-order valence-corrected chi connectivity index (χ3v) is 3.74. The maximum absolute atomic E-state index is 12.9. The Hall–Kier alpha value is -3.42. The standard InChI is InChI=1S/C18H16FN3O4/c19-13-3-1-12(2-4-13)10-26-14-5-6-15-16(9-14)21-11-22(17(15)23)8-7-20-18(24)25/h1-6,9,11,20H,7-8,10H2,(H,24,25). The number of hydrogen-bond acceptors (Lipinski definition) is 4. The van der Waals surface area contributed by atoms with Gasteiger partial charge in [-0.25, -0.2) is 14.2 Å². The third-order valence-electron chi connectivity index (χ3n) is 3.74. The minimum Gasteiger partial charge on any atom is -0.489 e. The molecule has 1 aromatic heterocycles. The molecule has 0 unspecified atom stereocenters. The molecule has 0 radical (unpaired) electrons. The molecule has 2 aromatic carbocycles. The quantitative estimate of drug-likeness (QED) is 0.706. The number of nitrogens with zero attached hydrogens (tertiary/aromatic N) is 2. The van der Waals surface area contributed by atoms with E-state index in [9.17, 15) is 14.0 Å². The number of ether oxygens (including phenoxy) is 1. The van der Waals surface area contributed by atoms with E-state index in [2.05, 4.69) is 10.3 Å². The molecule has 0 bridgehead atoms. The second-order valence-corrected chi connectivity index (χ2v) is 5.57. The monoisotopic (exact) mass is 357 g/mol. The molecule has 3 rings (SSSR count). The molecule has 0 aliphatic carbocycles. The molecule has 0 fully saturated rings. The topological polar surface area (TPSA) is 93.5 Å². The van der Waals surface area contributed by atoms with E-state index < -0.39 is 6.09 Å². The smallest absolute Gasteiger partial charge is 0.404 e. The van der Waals surface area contributed by atoms with Crippen molar-refractivity contribution in [3.63, 3.8) is 0 Å². The van der Waals surface area contributed by atoms with Crippen molar-refractivity contribution in [3.8, 4) is 5.75 Å². The lowest BCUT2D eigenvalue weighted by Crippen LogP contribution is -2.29. The summed E-state index contributed by atoms with van der Waals surface area (Å²) in [5.41, 5.74) is 1.04. The first kappa shape index (κ1) is 17.4. The summed E-state index contributed by atoms with van der Waals surface area (Å²) in [5.74, 6) is 0.234. The Bertz CT molecular complexity index is 986. The summed E-state index contributed by atoms with van der Waals surface area (Å²) in [7, 11) is 0. The molecular weight excluding hydrogens is 341 g/mol. The van der Waals surface area contributed by atoms with Gasteiger partial charge in [-0.1, -0.05) is 12.1 Å². The van der Waals surface area contributed by atoms with Crippen LogP contribution in [-0.4, -0.2) is 27.3 Å². The highest BCUT2D eigenvalue weighted by Gasteiger charge is 2.06. The molecule has 0 spiro atoms. The third kappa shape index (κ3) is 4.15. The van der Waals surface area contributed by atoms with Crippen LogP contribution in [0, 0.1) is 5.82 Å². The number of amides is 1. The maximum atomic E-state index is 12.9. The van der Waals surface area contributed by atoms with Gasteiger partial charge in [0.25, 0.3) is 5.56 Å². The van der Waals surface area contributed by atoms with Crippen molar-refractivity contribution in [2.75, 3.05) is 6.54 Å². The molecule has 8 heteroatoms. The van der Waals surface area contributed by atoms with Crippen LogP contribution in [0.15, 0.2) is 53.6 Å². The summed E-state index contributed by atoms with van der Waals surface area (Å²) in [6.45, 7) is 0.571. The fourth-order valence-corrected chi connectivity index (χ4v) is 2.42. The van der Waals surface area contributed by atoms with Crippen LogP contribution in [-0.2, 0) is 13.2 Å². The van der Waals surface area contributed by atoms with Crippen LogP contribution in [0.2, 0.25) is 0 Å². The van der Waals surface area contributed by atoms with Gasteiger partial charge < -0.3 is 15.2 Å². The lowest BCUT2D eigenvalue weighted by Gasteiger charge is -2.09. The zero-order valence-corrected chi connectivity index (χ0v) is 13.7. The zero-order chi connectivity index (χ0) is 18.5. The molecule has 26 heavy (non-hydrogen) atoms. The maximum Gasteiger partial charge on any atom is 0.404 e. The number of aromatic nitrogens is 2. The Morgan fingerprint density at radius 1 is 1.23 bits per heavy atom. The van der Waals surface area contributed by atoms with Crippen LogP contribution in [0.3, 0.4) is 0 Å². The van der Waals surface area contributed by atoms with Crippen molar-refractivity contribution >= 4 is 17.0 Å². The number of fused-ring (bicyclic) bond motifs is 1. The van der Waals surface area contributed by atoms with E-state index in [1.54, 1.807) is 30.3 Å². The Morgan fingerprint density at radius 2 is 2.00 bits per heavy atom. The molecule has 134 valence electrons. The average molecular weight is 357 g/mol. The zero-order valence-electron chi connectivity index (χ0n) is 13.7. The van der Waals surface area contributed by atoms with Crippen LogP contribution >= 0.6 is 0 Å². The molecule has 0 aliphatic rings. The van der Waals surface area contributed by atoms with Crippen molar-refractivity contribution < 1.29 is 19.0 Å². The average Bonchev–Trinajstić information content (AvgIpc) is 2.63. The number of carboxylic acid groups (broad SMARTS) is 1. The summed E-state index contributed by atoms with van der Waals surface area (Å²) in [5, 5.41) is 11.2. The van der Waals surface area contributed by atoms with Crippen LogP contribution < -0.4 is 15.6 Å². The molecule has 0 saturated heterocycles. The van der Waals surface area contributed by atoms with E-state index in [1.165, 1.54) is 23.0 Å². The van der Waals surface area contributed by atoms with Crippen LogP contribution in [0.4, 0.5) is 9.18 Å². The first-order chi connectivity index (χ1) is 12.5. The molecule has 0 atom stereocenters. The van der Waals surface area contributed by atoms with Crippen LogP contribution in [0.25, 0.3) is 10.9 Å². The lowest BCUT2D eigenvalue weighted by atomic mass is 10.2. The van der Waals surface area contributed by atoms with E-state index in [0.717, 1.165) is 5.56 Å². The Kier molecular flexibility index (Phi) is 5.12. The SMILES string of the molecule is O=C(O)NCCn1cnc2cc(OCc3ccc(F)cc3)ccc2c1=O. The molecule has 0 aliphatic heterocycles. The van der Waals surface area contributed by atoms with Gasteiger partial charge in [-0.2, -0.15) is 0 Å². The molecule has 1 heterocycles. The fourth-order valence-electron chi connectivity index (χ4n) is 2.42. The summed E-state index contributed by atoms with van der Waals surface area (Å²) < 4.78 is 19.9. The van der Waals surface area contributed by atoms with Crippen LogP contribution in [0.1, 0.15) is 5.56 Å². The second kappa shape index (κ2) is 7.64. The summed E-state index contributed by atoms with van der Waals surface area (Å²) >= 11 is 0. The van der Waals surface area contributed by atoms with Gasteiger partial charge in [-0.05, 0) is 29.8 Å². The highest BCUT2D eigenvalue weighted by atomic mass is 19.1. The summed E-state index contributed by atoms with van der Waals surface area (Å²) in [6, 6.07) is 10.9. The molecule has 0 saturated carbocycles. The van der Waals surface area contributed by atoms with Crippen molar-refractivity contribution in [2.45, 2.75) is 13.2 Å². The number of halogens is 1. The van der Waals surface area contributed by atoms with Crippen molar-refractivity contribution in [1.82, 2.24) is 14.9 Å². The van der Waals surface area contributed by atoms with Gasteiger partial charge in [0.1, 0.15) is 18.2 Å². The van der Waals surface area contributed by atoms with Gasteiger partial charge in [0.05, 0.1) is 17.2 Å². The van der Waals surface area contributed by atoms with E-state index >= 15 is 0 Å². The first-order valence-corrected chi connectivity index (χ1v) is 7.86. The van der Waals surface area contributed by atoms with E-state index in [0.29, 0.717) is 16.7 Å². The molecule has 1 amide bonds. The predicted octanol–water partition coefficient (Wildman–Crippen LogP) is 2.38. The van der Waals surface area contributed by atoms with Gasteiger partial charge in [0.2, 0.25) is 0 Å². The van der Waals surface area contributed by atoms with Gasteiger partial charge in [-0.3, -0.25) is 9.36 Å². The molecule has 7 nitrogen and oxygen atoms in total. The summed E-state index contributed by atoms with van der Waals surface area (Å²) in [6.07, 6.45) is 0.229. The first-order valence-electron chi connectivity index (χ1n) is 7.86. The van der Waals surface area contributed by atoms with E-state index in [1.807, 2.05) is 0 Å². The number of benzene rings is 2. The molecule has 2 N–H and O–H groups in total. The number of rotatable bonds is 6. The van der Waals surface area contributed by atoms with E-state index in [-0.39, 0.29) is 31.1 Å². The highest BCUT2D eigenvalue weighted by molar-refractivity contribution is 5.78. The number of nitrogens with one attached hydrogen (secondary N) is 1. The normalized spacial score (nSPS) is 10.7. The number of hydrogen-bond donors (Lipinski definition) is 2. The van der Waals surface area contributed by atoms with E-state index in [4.69, 9.17) is 9.84 Å². The summed E-state index contributed by atoms with van der Waals surface area (Å²) in [4.78, 5) is 27.1. The molecule has 3 aromatic rings. The number of carbonyl (C=O) groups is 1. The molecular formula is C18H16FN3O4. The lowest BCUT2D eigenvalue weighted by molar-refractivity contribution is 0.194. The Labute approximate surface area is 147 Å². The minimum atomic E-state index is -1.14. The van der Waals surface area contributed by atoms with Crippen molar-refractivity contribution in [1.29, 1.82) is 0 Å². The van der Waals surface area contributed by atoms with Crippen molar-refractivity contribution in [2.24, 2.45) is 0 Å². The second-order valence-electron chi connectivity index (χ2n) is 5.57. The van der Waals surface area contributed by atoms with Gasteiger partial charge >= 0.3 is 6.09 Å². The highest BCUT2D eigenvalue weighted by Crippen LogP contribution is 2.18. The minimum absolute atomic E-state index is 0.112. The Morgan fingerprint density at radius 3 is 2.73 bits per heavy atom. The van der Waals surface area contributed by atoms with Crippen LogP contribution in [0.5, 0.6) is 5.75 Å². The van der Waals surface area contributed by atoms with Gasteiger partial charge in [0, 0.05) is 19.2 Å². The van der Waals surface area contributed by atoms with Gasteiger partial charge in [0.15, 0.2) is 0 Å². The predicted molar refractivity (Wildman–Crippen MR) is 92.8 cm³/mol. The largest absolute Gasteiger partial charge is 0.489 e. The Balaban J connectivity index is 1.73. The van der Waals surface area contributed by atoms with Crippen molar-refractivity contribution in [3.05, 3.63) is 70.5 Å². The fraction of sp³-hybridized carbons (Fsp3) is 0.167.